The van der Waals surface area contributed by atoms with Gasteiger partial charge in [-0.2, -0.15) is 0 Å². The first-order valence-corrected chi connectivity index (χ1v) is 4.97. The summed E-state index contributed by atoms with van der Waals surface area (Å²) in [4.78, 5) is 10.9. The summed E-state index contributed by atoms with van der Waals surface area (Å²) in [5.41, 5.74) is 0.0920. The van der Waals surface area contributed by atoms with Crippen molar-refractivity contribution in [1.82, 2.24) is 0 Å². The van der Waals surface area contributed by atoms with Gasteiger partial charge in [0.25, 0.3) is 0 Å². The van der Waals surface area contributed by atoms with Gasteiger partial charge in [0.2, 0.25) is 0 Å². The summed E-state index contributed by atoms with van der Waals surface area (Å²) >= 11 is 0. The van der Waals surface area contributed by atoms with E-state index in [0.29, 0.717) is 18.6 Å². The topological polar surface area (TPSA) is 17.1 Å². The fourth-order valence-electron chi connectivity index (χ4n) is 0.878. The maximum Gasteiger partial charge on any atom is 0.132 e. The molecule has 13 heavy (non-hydrogen) atoms. The molecule has 0 aromatic heterocycles. The second-order valence-corrected chi connectivity index (χ2v) is 4.30. The van der Waals surface area contributed by atoms with E-state index in [4.69, 9.17) is 0 Å². The van der Waals surface area contributed by atoms with Gasteiger partial charge in [-0.05, 0) is 27.2 Å². The Hall–Kier alpha value is -0.770. The Morgan fingerprint density at radius 2 is 1.92 bits per heavy atom. The summed E-state index contributed by atoms with van der Waals surface area (Å²) in [5, 5.41) is 0. The molecule has 0 aromatic rings. The molecule has 0 heterocycles. The molecular weight excluding hydrogens is 160 g/mol. The van der Waals surface area contributed by atoms with Crippen LogP contribution < -0.4 is 0 Å². The molecule has 0 fully saturated rings. The van der Waals surface area contributed by atoms with Crippen molar-refractivity contribution in [2.45, 2.75) is 53.4 Å². The largest absolute Gasteiger partial charge is 0.300 e. The average Bonchev–Trinajstić information content (AvgIpc) is 2.01. The van der Waals surface area contributed by atoms with Crippen LogP contribution in [0.15, 0.2) is 0 Å². The maximum absolute atomic E-state index is 10.9. The number of carbonyl (C=O) groups excluding carboxylic acids is 1. The zero-order chi connectivity index (χ0) is 10.3. The first kappa shape index (κ1) is 12.2. The summed E-state index contributed by atoms with van der Waals surface area (Å²) in [6.45, 7) is 8.19. The second-order valence-electron chi connectivity index (χ2n) is 4.30. The Bertz CT molecular complexity index is 210. The van der Waals surface area contributed by atoms with Crippen molar-refractivity contribution in [2.75, 3.05) is 0 Å². The van der Waals surface area contributed by atoms with Gasteiger partial charge in [-0.1, -0.05) is 12.8 Å². The van der Waals surface area contributed by atoms with Crippen molar-refractivity contribution in [3.8, 4) is 11.8 Å². The lowest BCUT2D eigenvalue weighted by atomic mass is 9.97. The molecule has 0 saturated carbocycles. The first-order valence-electron chi connectivity index (χ1n) is 4.97. The number of ketones is 1. The van der Waals surface area contributed by atoms with Crippen LogP contribution in [0.3, 0.4) is 0 Å². The molecular formula is C12H20O. The number of hydrogen-bond donors (Lipinski definition) is 0. The molecule has 74 valence electrons. The number of rotatable bonds is 4. The quantitative estimate of drug-likeness (QED) is 0.479. The molecule has 0 amide bonds. The second kappa shape index (κ2) is 5.80. The van der Waals surface area contributed by atoms with Crippen LogP contribution in [-0.4, -0.2) is 5.78 Å². The summed E-state index contributed by atoms with van der Waals surface area (Å²) in [5.74, 6) is 6.60. The van der Waals surface area contributed by atoms with E-state index in [9.17, 15) is 4.79 Å². The highest BCUT2D eigenvalue weighted by molar-refractivity contribution is 5.77. The van der Waals surface area contributed by atoms with E-state index in [1.807, 2.05) is 6.92 Å². The summed E-state index contributed by atoms with van der Waals surface area (Å²) in [6, 6.07) is 0. The average molecular weight is 180 g/mol. The van der Waals surface area contributed by atoms with E-state index >= 15 is 0 Å². The van der Waals surface area contributed by atoms with E-state index in [0.717, 1.165) is 12.8 Å². The van der Waals surface area contributed by atoms with Crippen molar-refractivity contribution >= 4 is 5.78 Å². The van der Waals surface area contributed by atoms with Crippen LogP contribution in [-0.2, 0) is 4.79 Å². The van der Waals surface area contributed by atoms with Gasteiger partial charge in [0.05, 0.1) is 0 Å². The van der Waals surface area contributed by atoms with Crippen molar-refractivity contribution < 1.29 is 4.79 Å². The number of Topliss-reactive ketones (excluding diaryl/α,β-unsaturated/α-hetero) is 1. The number of hydrogen-bond acceptors (Lipinski definition) is 1. The number of unbranched alkanes of at least 4 members (excludes halogenated alkanes) is 1. The molecule has 0 aliphatic carbocycles. The maximum atomic E-state index is 10.9. The van der Waals surface area contributed by atoms with Crippen molar-refractivity contribution in [3.05, 3.63) is 0 Å². The van der Waals surface area contributed by atoms with Crippen LogP contribution in [0.25, 0.3) is 0 Å². The molecule has 0 aliphatic heterocycles. The molecule has 0 saturated heterocycles. The summed E-state index contributed by atoms with van der Waals surface area (Å²) in [6.07, 6.45) is 3.11. The highest BCUT2D eigenvalue weighted by Gasteiger charge is 2.02. The van der Waals surface area contributed by atoms with E-state index in [1.54, 1.807) is 0 Å². The lowest BCUT2D eigenvalue weighted by molar-refractivity contribution is -0.118. The third kappa shape index (κ3) is 9.14. The minimum Gasteiger partial charge on any atom is -0.300 e. The third-order valence-electron chi connectivity index (χ3n) is 1.62. The zero-order valence-electron chi connectivity index (χ0n) is 9.24. The summed E-state index contributed by atoms with van der Waals surface area (Å²) < 4.78 is 0. The molecule has 0 radical (unpaired) electrons. The van der Waals surface area contributed by atoms with Crippen molar-refractivity contribution in [3.63, 3.8) is 0 Å². The van der Waals surface area contributed by atoms with Crippen LogP contribution in [0, 0.1) is 17.3 Å². The van der Waals surface area contributed by atoms with Gasteiger partial charge in [0.15, 0.2) is 0 Å². The Balaban J connectivity index is 3.55. The standard InChI is InChI=1S/C12H20O/c1-5-11(13)9-7-6-8-10-12(2,3)4/h5-7,9H2,1-4H3. The smallest absolute Gasteiger partial charge is 0.132 e. The van der Waals surface area contributed by atoms with Crippen LogP contribution in [0.2, 0.25) is 0 Å². The highest BCUT2D eigenvalue weighted by atomic mass is 16.1. The fraction of sp³-hybridized carbons (Fsp3) is 0.750. The predicted octanol–water partition coefficient (Wildman–Crippen LogP) is 3.19. The lowest BCUT2D eigenvalue weighted by Gasteiger charge is -2.06. The fourth-order valence-corrected chi connectivity index (χ4v) is 0.878. The van der Waals surface area contributed by atoms with Gasteiger partial charge in [0, 0.05) is 24.7 Å². The van der Waals surface area contributed by atoms with Crippen molar-refractivity contribution in [2.24, 2.45) is 5.41 Å². The van der Waals surface area contributed by atoms with Gasteiger partial charge in [-0.3, -0.25) is 4.79 Å². The minimum atomic E-state index is 0.0920. The molecule has 0 rings (SSSR count). The molecule has 0 N–H and O–H groups in total. The van der Waals surface area contributed by atoms with Crippen molar-refractivity contribution in [1.29, 1.82) is 0 Å². The minimum absolute atomic E-state index is 0.0920. The van der Waals surface area contributed by atoms with Gasteiger partial charge in [-0.25, -0.2) is 0 Å². The molecule has 0 bridgehead atoms. The molecule has 1 nitrogen and oxygen atoms in total. The normalized spacial score (nSPS) is 10.5. The predicted molar refractivity (Wildman–Crippen MR) is 56.4 cm³/mol. The van der Waals surface area contributed by atoms with Gasteiger partial charge >= 0.3 is 0 Å². The highest BCUT2D eigenvalue weighted by Crippen LogP contribution is 2.10. The summed E-state index contributed by atoms with van der Waals surface area (Å²) in [7, 11) is 0. The molecule has 0 aliphatic rings. The van der Waals surface area contributed by atoms with Crippen LogP contribution in [0.4, 0.5) is 0 Å². The first-order chi connectivity index (χ1) is 5.95. The van der Waals surface area contributed by atoms with E-state index in [2.05, 4.69) is 32.6 Å². The van der Waals surface area contributed by atoms with Gasteiger partial charge in [-0.15, -0.1) is 5.92 Å². The van der Waals surface area contributed by atoms with Crippen LogP contribution in [0.5, 0.6) is 0 Å². The van der Waals surface area contributed by atoms with Gasteiger partial charge < -0.3 is 0 Å². The lowest BCUT2D eigenvalue weighted by Crippen LogP contribution is -1.99. The van der Waals surface area contributed by atoms with Crippen LogP contribution >= 0.6 is 0 Å². The third-order valence-corrected chi connectivity index (χ3v) is 1.62. The molecule has 0 spiro atoms. The Labute approximate surface area is 81.9 Å². The zero-order valence-corrected chi connectivity index (χ0v) is 9.24. The molecule has 1 heteroatoms. The van der Waals surface area contributed by atoms with Crippen LogP contribution in [0.1, 0.15) is 53.4 Å². The Kier molecular flexibility index (Phi) is 5.46. The SMILES string of the molecule is CCC(=O)CCCC#CC(C)(C)C. The monoisotopic (exact) mass is 180 g/mol. The van der Waals surface area contributed by atoms with Gasteiger partial charge in [0.1, 0.15) is 5.78 Å². The Morgan fingerprint density at radius 3 is 2.38 bits per heavy atom. The Morgan fingerprint density at radius 1 is 1.31 bits per heavy atom. The molecule has 0 aromatic carbocycles. The molecule has 0 atom stereocenters. The molecule has 0 unspecified atom stereocenters. The van der Waals surface area contributed by atoms with E-state index < -0.39 is 0 Å². The van der Waals surface area contributed by atoms with E-state index in [-0.39, 0.29) is 5.41 Å². The number of carbonyl (C=O) groups is 1. The van der Waals surface area contributed by atoms with E-state index in [1.165, 1.54) is 0 Å².